The molecular weight excluding hydrogens is 323 g/mol. The number of amides is 1. The molecule has 2 rings (SSSR count). The molecule has 2 aromatic rings. The van der Waals surface area contributed by atoms with Crippen molar-refractivity contribution in [1.82, 2.24) is 4.98 Å². The summed E-state index contributed by atoms with van der Waals surface area (Å²) in [5, 5.41) is 2.63. The maximum absolute atomic E-state index is 11.9. The standard InChI is InChI=1S/C12H8Cl2N2O3S/c13-10-6-9(20(14,18)19)3-4-11(10)16-12(17)8-2-1-5-15-7-8/h1-7H,(H,16,17). The van der Waals surface area contributed by atoms with Crippen molar-refractivity contribution in [2.24, 2.45) is 0 Å². The zero-order chi connectivity index (χ0) is 14.8. The van der Waals surface area contributed by atoms with E-state index in [0.717, 1.165) is 0 Å². The summed E-state index contributed by atoms with van der Waals surface area (Å²) in [7, 11) is 1.34. The van der Waals surface area contributed by atoms with Gasteiger partial charge in [-0.25, -0.2) is 8.42 Å². The molecule has 20 heavy (non-hydrogen) atoms. The van der Waals surface area contributed by atoms with Crippen LogP contribution in [0.1, 0.15) is 10.4 Å². The Kier molecular flexibility index (Phi) is 4.27. The van der Waals surface area contributed by atoms with Gasteiger partial charge in [-0.15, -0.1) is 0 Å². The van der Waals surface area contributed by atoms with Crippen molar-refractivity contribution in [2.45, 2.75) is 4.90 Å². The van der Waals surface area contributed by atoms with E-state index in [0.29, 0.717) is 5.56 Å². The molecule has 0 unspecified atom stereocenters. The van der Waals surface area contributed by atoms with E-state index in [4.69, 9.17) is 22.3 Å². The van der Waals surface area contributed by atoms with Crippen LogP contribution in [0.3, 0.4) is 0 Å². The van der Waals surface area contributed by atoms with E-state index >= 15 is 0 Å². The van der Waals surface area contributed by atoms with Crippen LogP contribution in [0.25, 0.3) is 0 Å². The third-order valence-corrected chi connectivity index (χ3v) is 4.06. The second-order valence-corrected chi connectivity index (χ2v) is 6.75. The molecule has 0 aliphatic heterocycles. The quantitative estimate of drug-likeness (QED) is 0.878. The maximum Gasteiger partial charge on any atom is 0.261 e. The molecule has 1 amide bonds. The largest absolute Gasteiger partial charge is 0.321 e. The van der Waals surface area contributed by atoms with Crippen molar-refractivity contribution in [3.05, 3.63) is 53.3 Å². The van der Waals surface area contributed by atoms with E-state index in [1.54, 1.807) is 18.3 Å². The summed E-state index contributed by atoms with van der Waals surface area (Å²) >= 11 is 5.91. The van der Waals surface area contributed by atoms with Gasteiger partial charge in [-0.05, 0) is 30.3 Å². The first-order valence-corrected chi connectivity index (χ1v) is 8.02. The third kappa shape index (κ3) is 3.47. The number of aromatic nitrogens is 1. The van der Waals surface area contributed by atoms with Crippen LogP contribution >= 0.6 is 22.3 Å². The van der Waals surface area contributed by atoms with Crippen LogP contribution in [0.15, 0.2) is 47.6 Å². The average Bonchev–Trinajstić information content (AvgIpc) is 2.41. The van der Waals surface area contributed by atoms with Gasteiger partial charge in [0.1, 0.15) is 0 Å². The summed E-state index contributed by atoms with van der Waals surface area (Å²) in [5.41, 5.74) is 0.641. The number of anilines is 1. The molecule has 0 bridgehead atoms. The smallest absolute Gasteiger partial charge is 0.261 e. The maximum atomic E-state index is 11.9. The molecule has 0 fully saturated rings. The SMILES string of the molecule is O=C(Nc1ccc(S(=O)(=O)Cl)cc1Cl)c1cccnc1. The fraction of sp³-hybridized carbons (Fsp3) is 0. The Bertz CT molecular complexity index is 749. The summed E-state index contributed by atoms with van der Waals surface area (Å²) in [6.07, 6.45) is 2.95. The molecule has 0 saturated carbocycles. The van der Waals surface area contributed by atoms with Crippen molar-refractivity contribution >= 4 is 42.9 Å². The predicted octanol–water partition coefficient (Wildman–Crippen LogP) is 2.91. The molecule has 1 aromatic heterocycles. The lowest BCUT2D eigenvalue weighted by molar-refractivity contribution is 0.102. The van der Waals surface area contributed by atoms with Gasteiger partial charge < -0.3 is 5.32 Å². The summed E-state index contributed by atoms with van der Waals surface area (Å²) in [6.45, 7) is 0. The van der Waals surface area contributed by atoms with Crippen LogP contribution in [0.2, 0.25) is 5.02 Å². The number of carbonyl (C=O) groups is 1. The van der Waals surface area contributed by atoms with E-state index in [1.165, 1.54) is 24.4 Å². The fourth-order valence-electron chi connectivity index (χ4n) is 1.44. The Labute approximate surface area is 125 Å². The number of pyridine rings is 1. The van der Waals surface area contributed by atoms with Gasteiger partial charge in [-0.3, -0.25) is 9.78 Å². The normalized spacial score (nSPS) is 11.1. The Hall–Kier alpha value is -1.63. The zero-order valence-corrected chi connectivity index (χ0v) is 12.2. The van der Waals surface area contributed by atoms with Crippen LogP contribution in [0.5, 0.6) is 0 Å². The molecule has 0 aliphatic carbocycles. The number of nitrogens with zero attached hydrogens (tertiary/aromatic N) is 1. The third-order valence-electron chi connectivity index (χ3n) is 2.39. The molecule has 1 aromatic carbocycles. The van der Waals surface area contributed by atoms with Crippen molar-refractivity contribution in [2.75, 3.05) is 5.32 Å². The zero-order valence-electron chi connectivity index (χ0n) is 9.88. The van der Waals surface area contributed by atoms with E-state index in [9.17, 15) is 13.2 Å². The van der Waals surface area contributed by atoms with Gasteiger partial charge in [0.05, 0.1) is 21.2 Å². The number of carbonyl (C=O) groups excluding carboxylic acids is 1. The highest BCUT2D eigenvalue weighted by molar-refractivity contribution is 8.13. The van der Waals surface area contributed by atoms with Gasteiger partial charge in [0.25, 0.3) is 15.0 Å². The minimum absolute atomic E-state index is 0.0731. The Morgan fingerprint density at radius 1 is 1.25 bits per heavy atom. The molecule has 0 radical (unpaired) electrons. The number of benzene rings is 1. The van der Waals surface area contributed by atoms with Crippen LogP contribution in [-0.2, 0) is 9.05 Å². The van der Waals surface area contributed by atoms with Gasteiger partial charge in [-0.1, -0.05) is 11.6 Å². The summed E-state index contributed by atoms with van der Waals surface area (Å²) in [5.74, 6) is -0.401. The first-order chi connectivity index (χ1) is 9.38. The van der Waals surface area contributed by atoms with Gasteiger partial charge >= 0.3 is 0 Å². The number of rotatable bonds is 3. The van der Waals surface area contributed by atoms with Crippen molar-refractivity contribution in [1.29, 1.82) is 0 Å². The average molecular weight is 331 g/mol. The number of nitrogens with one attached hydrogen (secondary N) is 1. The minimum atomic E-state index is -3.86. The van der Waals surface area contributed by atoms with Crippen molar-refractivity contribution in [3.8, 4) is 0 Å². The number of hydrogen-bond donors (Lipinski definition) is 1. The summed E-state index contributed by atoms with van der Waals surface area (Å²) < 4.78 is 22.3. The minimum Gasteiger partial charge on any atom is -0.321 e. The van der Waals surface area contributed by atoms with Gasteiger partial charge in [0.15, 0.2) is 0 Å². The number of hydrogen-bond acceptors (Lipinski definition) is 4. The number of halogens is 2. The van der Waals surface area contributed by atoms with Crippen LogP contribution < -0.4 is 5.32 Å². The van der Waals surface area contributed by atoms with Crippen molar-refractivity contribution in [3.63, 3.8) is 0 Å². The lowest BCUT2D eigenvalue weighted by atomic mass is 10.2. The molecule has 1 heterocycles. The van der Waals surface area contributed by atoms with Gasteiger partial charge in [-0.2, -0.15) is 0 Å². The first-order valence-electron chi connectivity index (χ1n) is 5.33. The van der Waals surface area contributed by atoms with Crippen LogP contribution in [0, 0.1) is 0 Å². The second kappa shape index (κ2) is 5.78. The lowest BCUT2D eigenvalue weighted by Crippen LogP contribution is -2.12. The van der Waals surface area contributed by atoms with Crippen molar-refractivity contribution < 1.29 is 13.2 Å². The van der Waals surface area contributed by atoms with Crippen LogP contribution in [-0.4, -0.2) is 19.3 Å². The van der Waals surface area contributed by atoms with Gasteiger partial charge in [0, 0.05) is 23.1 Å². The van der Waals surface area contributed by atoms with E-state index in [-0.39, 0.29) is 15.6 Å². The van der Waals surface area contributed by atoms with E-state index < -0.39 is 15.0 Å². The molecule has 8 heteroatoms. The molecule has 0 aliphatic rings. The molecule has 0 atom stereocenters. The molecule has 1 N–H and O–H groups in total. The Morgan fingerprint density at radius 2 is 2.00 bits per heavy atom. The molecule has 104 valence electrons. The highest BCUT2D eigenvalue weighted by atomic mass is 35.7. The molecular formula is C12H8Cl2N2O3S. The summed E-state index contributed by atoms with van der Waals surface area (Å²) in [6, 6.07) is 7.01. The molecule has 0 saturated heterocycles. The lowest BCUT2D eigenvalue weighted by Gasteiger charge is -2.07. The highest BCUT2D eigenvalue weighted by Gasteiger charge is 2.14. The first kappa shape index (κ1) is 14.8. The monoisotopic (exact) mass is 330 g/mol. The topological polar surface area (TPSA) is 76.1 Å². The van der Waals surface area contributed by atoms with Gasteiger partial charge in [0.2, 0.25) is 0 Å². The molecule has 5 nitrogen and oxygen atoms in total. The Morgan fingerprint density at radius 3 is 2.55 bits per heavy atom. The predicted molar refractivity (Wildman–Crippen MR) is 76.7 cm³/mol. The fourth-order valence-corrected chi connectivity index (χ4v) is 2.51. The van der Waals surface area contributed by atoms with Crippen LogP contribution in [0.4, 0.5) is 5.69 Å². The Balaban J connectivity index is 2.25. The van der Waals surface area contributed by atoms with E-state index in [1.807, 2.05) is 0 Å². The summed E-state index contributed by atoms with van der Waals surface area (Å²) in [4.78, 5) is 15.6. The molecule has 0 spiro atoms. The second-order valence-electron chi connectivity index (χ2n) is 3.78. The van der Waals surface area contributed by atoms with E-state index in [2.05, 4.69) is 10.3 Å². The highest BCUT2D eigenvalue weighted by Crippen LogP contribution is 2.27.